The van der Waals surface area contributed by atoms with E-state index in [4.69, 9.17) is 4.74 Å². The van der Waals surface area contributed by atoms with Gasteiger partial charge in [-0.1, -0.05) is 12.1 Å². The van der Waals surface area contributed by atoms with Crippen molar-refractivity contribution >= 4 is 33.1 Å². The van der Waals surface area contributed by atoms with Crippen LogP contribution in [0.15, 0.2) is 35.7 Å². The molecule has 0 aliphatic carbocycles. The van der Waals surface area contributed by atoms with Crippen molar-refractivity contribution in [3.05, 3.63) is 45.9 Å². The molecule has 1 heterocycles. The lowest BCUT2D eigenvalue weighted by molar-refractivity contribution is -0.384. The summed E-state index contributed by atoms with van der Waals surface area (Å²) in [6.45, 7) is 1.35. The minimum atomic E-state index is -3.26. The van der Waals surface area contributed by atoms with Crippen LogP contribution in [0.5, 0.6) is 0 Å². The maximum atomic E-state index is 12.0. The van der Waals surface area contributed by atoms with E-state index in [-0.39, 0.29) is 23.5 Å². The van der Waals surface area contributed by atoms with Gasteiger partial charge < -0.3 is 10.1 Å². The maximum absolute atomic E-state index is 12.0. The number of esters is 1. The van der Waals surface area contributed by atoms with E-state index in [0.29, 0.717) is 0 Å². The fourth-order valence-electron chi connectivity index (χ4n) is 2.22. The molecule has 0 bridgehead atoms. The Labute approximate surface area is 143 Å². The highest BCUT2D eigenvalue weighted by Crippen LogP contribution is 2.20. The zero-order valence-electron chi connectivity index (χ0n) is 13.2. The second-order valence-corrected chi connectivity index (χ2v) is 7.48. The van der Waals surface area contributed by atoms with Crippen molar-refractivity contribution in [1.82, 2.24) is 0 Å². The summed E-state index contributed by atoms with van der Waals surface area (Å²) in [7, 11) is -3.26. The number of sulfone groups is 1. The number of non-ortho nitro benzene ring substituents is 1. The SMILES string of the molecule is CC(OC(=O)CC1C=CS(=O)(=O)C1)C(=O)Nc1cccc([N+](=O)[O-])c1. The first kappa shape index (κ1) is 18.6. The van der Waals surface area contributed by atoms with Gasteiger partial charge in [-0.2, -0.15) is 0 Å². The van der Waals surface area contributed by atoms with Crippen LogP contribution in [0, 0.1) is 16.0 Å². The molecule has 0 radical (unpaired) electrons. The number of hydrogen-bond acceptors (Lipinski definition) is 7. The number of amides is 1. The van der Waals surface area contributed by atoms with Crippen LogP contribution in [-0.4, -0.2) is 37.1 Å². The number of allylic oxidation sites excluding steroid dienone is 1. The maximum Gasteiger partial charge on any atom is 0.307 e. The predicted octanol–water partition coefficient (Wildman–Crippen LogP) is 1.41. The minimum absolute atomic E-state index is 0.149. The molecule has 1 aromatic carbocycles. The average Bonchev–Trinajstić information content (AvgIpc) is 2.85. The molecule has 1 amide bonds. The van der Waals surface area contributed by atoms with Crippen LogP contribution in [0.1, 0.15) is 13.3 Å². The lowest BCUT2D eigenvalue weighted by Gasteiger charge is -2.14. The number of benzene rings is 1. The number of carbonyl (C=O) groups is 2. The summed E-state index contributed by atoms with van der Waals surface area (Å²) >= 11 is 0. The Bertz CT molecular complexity index is 832. The van der Waals surface area contributed by atoms with E-state index in [9.17, 15) is 28.1 Å². The van der Waals surface area contributed by atoms with Gasteiger partial charge in [0.05, 0.1) is 17.1 Å². The standard InChI is InChI=1S/C15H16N2O7S/c1-10(24-14(18)7-11-5-6-25(22,23)9-11)15(19)16-12-3-2-4-13(8-12)17(20)21/h2-6,8,10-11H,7,9H2,1H3,(H,16,19). The Morgan fingerprint density at radius 2 is 2.16 bits per heavy atom. The van der Waals surface area contributed by atoms with Crippen LogP contribution in [0.4, 0.5) is 11.4 Å². The number of nitro groups is 1. The average molecular weight is 368 g/mol. The summed E-state index contributed by atoms with van der Waals surface area (Å²) in [5.74, 6) is -1.97. The lowest BCUT2D eigenvalue weighted by Crippen LogP contribution is -2.30. The quantitative estimate of drug-likeness (QED) is 0.456. The smallest absolute Gasteiger partial charge is 0.307 e. The minimum Gasteiger partial charge on any atom is -0.453 e. The molecular weight excluding hydrogens is 352 g/mol. The van der Waals surface area contributed by atoms with Crippen molar-refractivity contribution in [3.63, 3.8) is 0 Å². The van der Waals surface area contributed by atoms with Crippen molar-refractivity contribution in [2.75, 3.05) is 11.1 Å². The molecule has 0 saturated heterocycles. The Balaban J connectivity index is 1.88. The number of hydrogen-bond donors (Lipinski definition) is 1. The third-order valence-corrected chi connectivity index (χ3v) is 4.90. The second kappa shape index (κ2) is 7.43. The highest BCUT2D eigenvalue weighted by atomic mass is 32.2. The van der Waals surface area contributed by atoms with Crippen molar-refractivity contribution < 1.29 is 27.7 Å². The molecule has 9 nitrogen and oxygen atoms in total. The molecule has 0 spiro atoms. The topological polar surface area (TPSA) is 133 Å². The van der Waals surface area contributed by atoms with Gasteiger partial charge in [0, 0.05) is 29.1 Å². The van der Waals surface area contributed by atoms with Crippen molar-refractivity contribution in [2.45, 2.75) is 19.4 Å². The van der Waals surface area contributed by atoms with E-state index in [0.717, 1.165) is 5.41 Å². The molecule has 25 heavy (non-hydrogen) atoms. The molecule has 1 aliphatic rings. The summed E-state index contributed by atoms with van der Waals surface area (Å²) in [6, 6.07) is 5.34. The van der Waals surface area contributed by atoms with Crippen LogP contribution < -0.4 is 5.32 Å². The van der Waals surface area contributed by atoms with Gasteiger partial charge in [0.2, 0.25) is 0 Å². The van der Waals surface area contributed by atoms with Gasteiger partial charge in [-0.25, -0.2) is 8.42 Å². The molecule has 1 aliphatic heterocycles. The molecule has 10 heteroatoms. The molecule has 0 aromatic heterocycles. The summed E-state index contributed by atoms with van der Waals surface area (Å²) < 4.78 is 27.5. The van der Waals surface area contributed by atoms with Gasteiger partial charge >= 0.3 is 5.97 Å². The largest absolute Gasteiger partial charge is 0.453 e. The highest BCUT2D eigenvalue weighted by Gasteiger charge is 2.26. The van der Waals surface area contributed by atoms with Crippen LogP contribution in [0.2, 0.25) is 0 Å². The van der Waals surface area contributed by atoms with Crippen molar-refractivity contribution in [1.29, 1.82) is 0 Å². The predicted molar refractivity (Wildman–Crippen MR) is 88.3 cm³/mol. The molecule has 0 saturated carbocycles. The number of nitrogens with zero attached hydrogens (tertiary/aromatic N) is 1. The fraction of sp³-hybridized carbons (Fsp3) is 0.333. The number of nitrogens with one attached hydrogen (secondary N) is 1. The molecule has 2 unspecified atom stereocenters. The van der Waals surface area contributed by atoms with E-state index in [1.807, 2.05) is 0 Å². The van der Waals surface area contributed by atoms with Gasteiger partial charge in [0.25, 0.3) is 11.6 Å². The lowest BCUT2D eigenvalue weighted by atomic mass is 10.1. The summed E-state index contributed by atoms with van der Waals surface area (Å²) in [5.41, 5.74) is 0.0172. The van der Waals surface area contributed by atoms with Crippen LogP contribution in [-0.2, 0) is 24.2 Å². The van der Waals surface area contributed by atoms with Crippen LogP contribution >= 0.6 is 0 Å². The van der Waals surface area contributed by atoms with E-state index in [1.165, 1.54) is 37.3 Å². The number of anilines is 1. The van der Waals surface area contributed by atoms with Gasteiger partial charge in [-0.3, -0.25) is 19.7 Å². The van der Waals surface area contributed by atoms with E-state index >= 15 is 0 Å². The molecule has 134 valence electrons. The van der Waals surface area contributed by atoms with E-state index in [1.54, 1.807) is 0 Å². The molecule has 0 fully saturated rings. The first-order valence-corrected chi connectivity index (χ1v) is 9.03. The number of ether oxygens (including phenoxy) is 1. The number of rotatable bonds is 6. The third kappa shape index (κ3) is 5.38. The van der Waals surface area contributed by atoms with Crippen LogP contribution in [0.25, 0.3) is 0 Å². The van der Waals surface area contributed by atoms with Gasteiger partial charge in [-0.15, -0.1) is 0 Å². The number of nitro benzene ring substituents is 1. The zero-order valence-corrected chi connectivity index (χ0v) is 14.1. The first-order valence-electron chi connectivity index (χ1n) is 7.32. The Morgan fingerprint density at radius 3 is 2.76 bits per heavy atom. The highest BCUT2D eigenvalue weighted by molar-refractivity contribution is 7.94. The molecular formula is C15H16N2O7S. The summed E-state index contributed by atoms with van der Waals surface area (Å²) in [5, 5.41) is 14.2. The van der Waals surface area contributed by atoms with Gasteiger partial charge in [-0.05, 0) is 13.0 Å². The zero-order chi connectivity index (χ0) is 18.6. The second-order valence-electron chi connectivity index (χ2n) is 5.55. The van der Waals surface area contributed by atoms with E-state index in [2.05, 4.69) is 5.32 Å². The molecule has 2 atom stereocenters. The summed E-state index contributed by atoms with van der Waals surface area (Å²) in [4.78, 5) is 33.9. The monoisotopic (exact) mass is 368 g/mol. The van der Waals surface area contributed by atoms with Crippen LogP contribution in [0.3, 0.4) is 0 Å². The Kier molecular flexibility index (Phi) is 5.52. The van der Waals surface area contributed by atoms with Crippen molar-refractivity contribution in [3.8, 4) is 0 Å². The Hall–Kier alpha value is -2.75. The molecule has 1 N–H and O–H groups in total. The van der Waals surface area contributed by atoms with Gasteiger partial charge in [0.15, 0.2) is 15.9 Å². The molecule has 1 aromatic rings. The third-order valence-electron chi connectivity index (χ3n) is 3.44. The normalized spacial score (nSPS) is 19.2. The number of carbonyl (C=O) groups excluding carboxylic acids is 2. The molecule has 2 rings (SSSR count). The summed E-state index contributed by atoms with van der Waals surface area (Å²) in [6.07, 6.45) is 0.142. The van der Waals surface area contributed by atoms with Crippen molar-refractivity contribution in [2.24, 2.45) is 5.92 Å². The van der Waals surface area contributed by atoms with E-state index < -0.39 is 38.7 Å². The van der Waals surface area contributed by atoms with Gasteiger partial charge in [0.1, 0.15) is 0 Å². The first-order chi connectivity index (χ1) is 11.7. The Morgan fingerprint density at radius 1 is 1.44 bits per heavy atom. The fourth-order valence-corrected chi connectivity index (χ4v) is 3.62.